The minimum atomic E-state index is -4.32. The normalized spacial score (nSPS) is 11.2. The predicted octanol–water partition coefficient (Wildman–Crippen LogP) is 6.21. The lowest BCUT2D eigenvalue weighted by molar-refractivity contribution is -0.137. The Kier molecular flexibility index (Phi) is 6.61. The van der Waals surface area contributed by atoms with Crippen molar-refractivity contribution in [2.45, 2.75) is 19.0 Å². The van der Waals surface area contributed by atoms with Crippen LogP contribution in [-0.2, 0) is 12.6 Å². The highest BCUT2D eigenvalue weighted by Crippen LogP contribution is 2.29. The molecular formula is C23H19F3O4. The fourth-order valence-corrected chi connectivity index (χ4v) is 2.76. The Hall–Kier alpha value is -3.48. The Morgan fingerprint density at radius 1 is 0.867 bits per heavy atom. The molecule has 7 heteroatoms. The summed E-state index contributed by atoms with van der Waals surface area (Å²) in [5.41, 5.74) is 0.305. The van der Waals surface area contributed by atoms with Crippen molar-refractivity contribution in [1.29, 1.82) is 0 Å². The molecule has 0 atom stereocenters. The maximum absolute atomic E-state index is 12.6. The maximum atomic E-state index is 12.6. The lowest BCUT2D eigenvalue weighted by atomic mass is 10.1. The third-order valence-corrected chi connectivity index (χ3v) is 4.30. The van der Waals surface area contributed by atoms with Crippen molar-refractivity contribution < 1.29 is 32.5 Å². The minimum absolute atomic E-state index is 0.139. The Bertz CT molecular complexity index is 981. The molecule has 0 spiro atoms. The monoisotopic (exact) mass is 416 g/mol. The molecule has 0 aliphatic heterocycles. The molecule has 0 amide bonds. The number of benzene rings is 3. The van der Waals surface area contributed by atoms with Gasteiger partial charge in [-0.1, -0.05) is 18.2 Å². The SMILES string of the molecule is O=C(O)c1cccc(Oc2ccc(OCCCc3ccc(C(F)(F)F)cc3)cc2)c1. The summed E-state index contributed by atoms with van der Waals surface area (Å²) in [5.74, 6) is 0.560. The van der Waals surface area contributed by atoms with Gasteiger partial charge in [-0.15, -0.1) is 0 Å². The standard InChI is InChI=1S/C23H19F3O4/c24-23(25,26)18-8-6-16(7-9-18)3-2-14-29-19-10-12-20(13-11-19)30-21-5-1-4-17(15-21)22(27)28/h1,4-13,15H,2-3,14H2,(H,27,28). The van der Waals surface area contributed by atoms with Crippen LogP contribution in [0, 0.1) is 0 Å². The fourth-order valence-electron chi connectivity index (χ4n) is 2.76. The summed E-state index contributed by atoms with van der Waals surface area (Å²) >= 11 is 0. The van der Waals surface area contributed by atoms with Gasteiger partial charge in [0.2, 0.25) is 0 Å². The summed E-state index contributed by atoms with van der Waals surface area (Å²) in [7, 11) is 0. The number of aryl methyl sites for hydroxylation is 1. The van der Waals surface area contributed by atoms with E-state index in [1.165, 1.54) is 24.3 Å². The zero-order valence-electron chi connectivity index (χ0n) is 15.9. The number of carbonyl (C=O) groups is 1. The van der Waals surface area contributed by atoms with E-state index in [4.69, 9.17) is 14.6 Å². The third kappa shape index (κ3) is 6.01. The lowest BCUT2D eigenvalue weighted by Gasteiger charge is -2.10. The molecule has 3 rings (SSSR count). The van der Waals surface area contributed by atoms with Crippen LogP contribution in [0.4, 0.5) is 13.2 Å². The van der Waals surface area contributed by atoms with E-state index in [-0.39, 0.29) is 5.56 Å². The first-order chi connectivity index (χ1) is 14.3. The van der Waals surface area contributed by atoms with Crippen molar-refractivity contribution in [2.75, 3.05) is 6.61 Å². The fraction of sp³-hybridized carbons (Fsp3) is 0.174. The molecule has 0 saturated carbocycles. The van der Waals surface area contributed by atoms with Crippen molar-refractivity contribution in [1.82, 2.24) is 0 Å². The van der Waals surface area contributed by atoms with Gasteiger partial charge in [-0.25, -0.2) is 4.79 Å². The summed E-state index contributed by atoms with van der Waals surface area (Å²) in [4.78, 5) is 11.0. The molecule has 0 heterocycles. The molecule has 1 N–H and O–H groups in total. The van der Waals surface area contributed by atoms with E-state index >= 15 is 0 Å². The summed E-state index contributed by atoms with van der Waals surface area (Å²) in [5, 5.41) is 9.01. The van der Waals surface area contributed by atoms with E-state index in [9.17, 15) is 18.0 Å². The molecule has 0 aromatic heterocycles. The van der Waals surface area contributed by atoms with E-state index in [1.807, 2.05) is 0 Å². The average Bonchev–Trinajstić information content (AvgIpc) is 2.72. The van der Waals surface area contributed by atoms with Crippen LogP contribution in [0.3, 0.4) is 0 Å². The quantitative estimate of drug-likeness (QED) is 0.444. The largest absolute Gasteiger partial charge is 0.494 e. The van der Waals surface area contributed by atoms with Gasteiger partial charge in [0.1, 0.15) is 17.2 Å². The summed E-state index contributed by atoms with van der Waals surface area (Å²) in [6, 6.07) is 18.2. The summed E-state index contributed by atoms with van der Waals surface area (Å²) < 4.78 is 49.0. The highest BCUT2D eigenvalue weighted by Gasteiger charge is 2.29. The van der Waals surface area contributed by atoms with Crippen molar-refractivity contribution in [3.63, 3.8) is 0 Å². The third-order valence-electron chi connectivity index (χ3n) is 4.30. The molecule has 156 valence electrons. The number of hydrogen-bond donors (Lipinski definition) is 1. The zero-order valence-corrected chi connectivity index (χ0v) is 15.9. The number of halogens is 3. The minimum Gasteiger partial charge on any atom is -0.494 e. The van der Waals surface area contributed by atoms with Crippen molar-refractivity contribution >= 4 is 5.97 Å². The predicted molar refractivity (Wildman–Crippen MR) is 105 cm³/mol. The lowest BCUT2D eigenvalue weighted by Crippen LogP contribution is -2.05. The van der Waals surface area contributed by atoms with Crippen molar-refractivity contribution in [2.24, 2.45) is 0 Å². The van der Waals surface area contributed by atoms with Gasteiger partial charge in [-0.3, -0.25) is 0 Å². The number of hydrogen-bond acceptors (Lipinski definition) is 3. The molecule has 0 radical (unpaired) electrons. The van der Waals surface area contributed by atoms with E-state index in [0.29, 0.717) is 36.7 Å². The number of carboxylic acids is 1. The molecule has 4 nitrogen and oxygen atoms in total. The molecule has 0 bridgehead atoms. The van der Waals surface area contributed by atoms with Gasteiger partial charge >= 0.3 is 12.1 Å². The van der Waals surface area contributed by atoms with Gasteiger partial charge in [0.05, 0.1) is 17.7 Å². The van der Waals surface area contributed by atoms with Crippen LogP contribution in [0.1, 0.15) is 27.9 Å². The smallest absolute Gasteiger partial charge is 0.416 e. The molecule has 0 aliphatic rings. The first-order valence-corrected chi connectivity index (χ1v) is 9.21. The number of rotatable bonds is 8. The van der Waals surface area contributed by atoms with E-state index in [2.05, 4.69) is 0 Å². The van der Waals surface area contributed by atoms with Gasteiger partial charge < -0.3 is 14.6 Å². The highest BCUT2D eigenvalue weighted by molar-refractivity contribution is 5.88. The Morgan fingerprint density at radius 2 is 1.53 bits per heavy atom. The van der Waals surface area contributed by atoms with E-state index in [1.54, 1.807) is 36.4 Å². The van der Waals surface area contributed by atoms with Gasteiger partial charge in [-0.05, 0) is 73.0 Å². The summed E-state index contributed by atoms with van der Waals surface area (Å²) in [6.45, 7) is 0.419. The van der Waals surface area contributed by atoms with Crippen molar-refractivity contribution in [3.05, 3.63) is 89.5 Å². The average molecular weight is 416 g/mol. The van der Waals surface area contributed by atoms with Crippen LogP contribution >= 0.6 is 0 Å². The van der Waals surface area contributed by atoms with E-state index in [0.717, 1.165) is 17.7 Å². The second-order valence-electron chi connectivity index (χ2n) is 6.55. The Morgan fingerprint density at radius 3 is 2.17 bits per heavy atom. The second kappa shape index (κ2) is 9.35. The number of ether oxygens (including phenoxy) is 2. The van der Waals surface area contributed by atoms with Gasteiger partial charge in [0.25, 0.3) is 0 Å². The molecule has 0 aliphatic carbocycles. The van der Waals surface area contributed by atoms with Crippen molar-refractivity contribution in [3.8, 4) is 17.2 Å². The van der Waals surface area contributed by atoms with Gasteiger partial charge in [0.15, 0.2) is 0 Å². The first-order valence-electron chi connectivity index (χ1n) is 9.21. The van der Waals surface area contributed by atoms with Crippen LogP contribution < -0.4 is 9.47 Å². The molecule has 3 aromatic rings. The first kappa shape index (κ1) is 21.2. The Labute approximate surface area is 171 Å². The number of carboxylic acid groups (broad SMARTS) is 1. The maximum Gasteiger partial charge on any atom is 0.416 e. The van der Waals surface area contributed by atoms with Crippen LogP contribution in [-0.4, -0.2) is 17.7 Å². The molecular weight excluding hydrogens is 397 g/mol. The molecule has 0 saturated heterocycles. The second-order valence-corrected chi connectivity index (χ2v) is 6.55. The molecule has 0 fully saturated rings. The summed E-state index contributed by atoms with van der Waals surface area (Å²) in [6.07, 6.45) is -3.05. The molecule has 3 aromatic carbocycles. The van der Waals surface area contributed by atoms with E-state index < -0.39 is 17.7 Å². The van der Waals surface area contributed by atoms with Crippen LogP contribution in [0.2, 0.25) is 0 Å². The zero-order chi connectivity index (χ0) is 21.6. The molecule has 30 heavy (non-hydrogen) atoms. The van der Waals surface area contributed by atoms with Gasteiger partial charge in [0, 0.05) is 0 Å². The number of alkyl halides is 3. The topological polar surface area (TPSA) is 55.8 Å². The van der Waals surface area contributed by atoms with Crippen LogP contribution in [0.5, 0.6) is 17.2 Å². The van der Waals surface area contributed by atoms with Gasteiger partial charge in [-0.2, -0.15) is 13.2 Å². The van der Waals surface area contributed by atoms with Crippen LogP contribution in [0.15, 0.2) is 72.8 Å². The van der Waals surface area contributed by atoms with Crippen LogP contribution in [0.25, 0.3) is 0 Å². The molecule has 0 unspecified atom stereocenters. The Balaban J connectivity index is 1.46. The number of aromatic carboxylic acids is 1. The highest BCUT2D eigenvalue weighted by atomic mass is 19.4.